The van der Waals surface area contributed by atoms with E-state index in [9.17, 15) is 4.79 Å². The Kier molecular flexibility index (Phi) is 1.80. The largest absolute Gasteiger partial charge is 0.303 e. The lowest BCUT2D eigenvalue weighted by Crippen LogP contribution is -2.21. The number of fused-ring (bicyclic) bond motifs is 1. The number of carbonyl (C=O) groups is 1. The molecule has 11 heavy (non-hydrogen) atoms. The van der Waals surface area contributed by atoms with Gasteiger partial charge in [0, 0.05) is 5.92 Å². The van der Waals surface area contributed by atoms with E-state index in [1.165, 1.54) is 19.3 Å². The highest BCUT2D eigenvalue weighted by molar-refractivity contribution is 5.55. The Labute approximate surface area is 67.5 Å². The molecule has 0 heterocycles. The smallest absolute Gasteiger partial charge is 0.123 e. The van der Waals surface area contributed by atoms with Gasteiger partial charge in [0.15, 0.2) is 0 Å². The van der Waals surface area contributed by atoms with Crippen molar-refractivity contribution in [2.45, 2.75) is 25.7 Å². The Morgan fingerprint density at radius 2 is 2.27 bits per heavy atom. The highest BCUT2D eigenvalue weighted by Crippen LogP contribution is 2.41. The van der Waals surface area contributed by atoms with Crippen LogP contribution in [0.25, 0.3) is 0 Å². The maximum Gasteiger partial charge on any atom is 0.123 e. The number of aldehydes is 1. The predicted molar refractivity (Wildman–Crippen MR) is 44.1 cm³/mol. The summed E-state index contributed by atoms with van der Waals surface area (Å²) in [7, 11) is 0. The second-order valence-electron chi connectivity index (χ2n) is 3.72. The first-order valence-corrected chi connectivity index (χ1v) is 4.54. The first-order chi connectivity index (χ1) is 5.42. The fourth-order valence-electron chi connectivity index (χ4n) is 2.53. The Balaban J connectivity index is 2.15. The molecule has 2 aliphatic rings. The van der Waals surface area contributed by atoms with E-state index in [0.29, 0.717) is 11.8 Å². The summed E-state index contributed by atoms with van der Waals surface area (Å²) >= 11 is 0. The van der Waals surface area contributed by atoms with Crippen molar-refractivity contribution in [3.05, 3.63) is 12.2 Å². The second-order valence-corrected chi connectivity index (χ2v) is 3.72. The van der Waals surface area contributed by atoms with Crippen LogP contribution in [0, 0.1) is 17.8 Å². The van der Waals surface area contributed by atoms with E-state index in [1.54, 1.807) is 0 Å². The molecule has 1 saturated carbocycles. The van der Waals surface area contributed by atoms with Gasteiger partial charge < -0.3 is 4.79 Å². The molecule has 0 aliphatic heterocycles. The third-order valence-corrected chi connectivity index (χ3v) is 3.14. The standard InChI is InChI=1S/C10H14O/c11-7-9-5-1-3-8-4-2-6-10(8)9/h1,3,7-10H,2,4-6H2/t8-,9+,10-/m0/s1. The maximum absolute atomic E-state index is 10.7. The molecule has 3 atom stereocenters. The van der Waals surface area contributed by atoms with E-state index in [0.717, 1.165) is 18.6 Å². The number of rotatable bonds is 1. The molecule has 0 unspecified atom stereocenters. The Morgan fingerprint density at radius 1 is 1.36 bits per heavy atom. The molecular formula is C10H14O. The Morgan fingerprint density at radius 3 is 3.09 bits per heavy atom. The van der Waals surface area contributed by atoms with Crippen molar-refractivity contribution < 1.29 is 4.79 Å². The highest BCUT2D eigenvalue weighted by atomic mass is 16.1. The van der Waals surface area contributed by atoms with Gasteiger partial charge >= 0.3 is 0 Å². The van der Waals surface area contributed by atoms with Crippen LogP contribution in [0.3, 0.4) is 0 Å². The highest BCUT2D eigenvalue weighted by Gasteiger charge is 2.33. The van der Waals surface area contributed by atoms with Crippen molar-refractivity contribution in [3.8, 4) is 0 Å². The van der Waals surface area contributed by atoms with Crippen LogP contribution in [0.2, 0.25) is 0 Å². The molecule has 2 aliphatic carbocycles. The number of hydrogen-bond donors (Lipinski definition) is 0. The van der Waals surface area contributed by atoms with Crippen molar-refractivity contribution in [2.24, 2.45) is 17.8 Å². The van der Waals surface area contributed by atoms with Gasteiger partial charge in [0.1, 0.15) is 6.29 Å². The molecule has 0 N–H and O–H groups in total. The molecule has 2 rings (SSSR count). The zero-order valence-electron chi connectivity index (χ0n) is 6.70. The SMILES string of the molecule is O=C[C@H]1CC=C[C@H]2CCC[C@H]12. The van der Waals surface area contributed by atoms with Gasteiger partial charge in [-0.2, -0.15) is 0 Å². The molecule has 60 valence electrons. The summed E-state index contributed by atoms with van der Waals surface area (Å²) in [5, 5.41) is 0. The average molecular weight is 150 g/mol. The second kappa shape index (κ2) is 2.80. The molecule has 0 saturated heterocycles. The van der Waals surface area contributed by atoms with Crippen LogP contribution in [0.4, 0.5) is 0 Å². The molecule has 1 fully saturated rings. The first kappa shape index (κ1) is 7.08. The van der Waals surface area contributed by atoms with E-state index in [-0.39, 0.29) is 0 Å². The molecule has 0 aromatic rings. The number of carbonyl (C=O) groups excluding carboxylic acids is 1. The van der Waals surface area contributed by atoms with Gasteiger partial charge in [0.2, 0.25) is 0 Å². The topological polar surface area (TPSA) is 17.1 Å². The van der Waals surface area contributed by atoms with Crippen LogP contribution in [-0.2, 0) is 4.79 Å². The van der Waals surface area contributed by atoms with Gasteiger partial charge in [-0.3, -0.25) is 0 Å². The predicted octanol–water partition coefficient (Wildman–Crippen LogP) is 2.18. The van der Waals surface area contributed by atoms with Gasteiger partial charge in [-0.1, -0.05) is 18.6 Å². The van der Waals surface area contributed by atoms with Gasteiger partial charge in [-0.15, -0.1) is 0 Å². The van der Waals surface area contributed by atoms with E-state index in [4.69, 9.17) is 0 Å². The van der Waals surface area contributed by atoms with Crippen LogP contribution in [-0.4, -0.2) is 6.29 Å². The third kappa shape index (κ3) is 1.13. The lowest BCUT2D eigenvalue weighted by atomic mass is 9.79. The van der Waals surface area contributed by atoms with Crippen LogP contribution in [0.15, 0.2) is 12.2 Å². The zero-order chi connectivity index (χ0) is 7.68. The summed E-state index contributed by atoms with van der Waals surface area (Å²) in [5.74, 6) is 1.77. The minimum atomic E-state index is 0.340. The van der Waals surface area contributed by atoms with Gasteiger partial charge in [0.05, 0.1) is 0 Å². The molecular weight excluding hydrogens is 136 g/mol. The molecule has 0 amide bonds. The van der Waals surface area contributed by atoms with Crippen molar-refractivity contribution in [1.82, 2.24) is 0 Å². The van der Waals surface area contributed by atoms with Crippen LogP contribution in [0.5, 0.6) is 0 Å². The van der Waals surface area contributed by atoms with Crippen molar-refractivity contribution >= 4 is 6.29 Å². The summed E-state index contributed by atoms with van der Waals surface area (Å²) in [6, 6.07) is 0. The van der Waals surface area contributed by atoms with Crippen molar-refractivity contribution in [1.29, 1.82) is 0 Å². The normalized spacial score (nSPS) is 42.0. The molecule has 0 aromatic heterocycles. The van der Waals surface area contributed by atoms with Crippen LogP contribution < -0.4 is 0 Å². The molecule has 0 bridgehead atoms. The summed E-state index contributed by atoms with van der Waals surface area (Å²) in [6.07, 6.45) is 10.6. The zero-order valence-corrected chi connectivity index (χ0v) is 6.70. The van der Waals surface area contributed by atoms with Crippen molar-refractivity contribution in [2.75, 3.05) is 0 Å². The van der Waals surface area contributed by atoms with E-state index in [2.05, 4.69) is 12.2 Å². The summed E-state index contributed by atoms with van der Waals surface area (Å²) in [5.41, 5.74) is 0. The van der Waals surface area contributed by atoms with Gasteiger partial charge in [0.25, 0.3) is 0 Å². The number of hydrogen-bond acceptors (Lipinski definition) is 1. The lowest BCUT2D eigenvalue weighted by molar-refractivity contribution is -0.112. The Hall–Kier alpha value is -0.590. The van der Waals surface area contributed by atoms with Gasteiger partial charge in [-0.05, 0) is 31.1 Å². The lowest BCUT2D eigenvalue weighted by Gasteiger charge is -2.25. The van der Waals surface area contributed by atoms with Gasteiger partial charge in [-0.25, -0.2) is 0 Å². The molecule has 1 heteroatoms. The minimum Gasteiger partial charge on any atom is -0.303 e. The molecule has 0 spiro atoms. The fourth-order valence-corrected chi connectivity index (χ4v) is 2.53. The minimum absolute atomic E-state index is 0.340. The Bertz CT molecular complexity index is 183. The van der Waals surface area contributed by atoms with Crippen molar-refractivity contribution in [3.63, 3.8) is 0 Å². The van der Waals surface area contributed by atoms with E-state index >= 15 is 0 Å². The summed E-state index contributed by atoms with van der Waals surface area (Å²) < 4.78 is 0. The summed E-state index contributed by atoms with van der Waals surface area (Å²) in [4.78, 5) is 10.7. The quantitative estimate of drug-likeness (QED) is 0.413. The first-order valence-electron chi connectivity index (χ1n) is 4.54. The third-order valence-electron chi connectivity index (χ3n) is 3.14. The van der Waals surface area contributed by atoms with E-state index < -0.39 is 0 Å². The van der Waals surface area contributed by atoms with Crippen LogP contribution in [0.1, 0.15) is 25.7 Å². The fraction of sp³-hybridized carbons (Fsp3) is 0.700. The van der Waals surface area contributed by atoms with Crippen LogP contribution >= 0.6 is 0 Å². The molecule has 1 nitrogen and oxygen atoms in total. The number of allylic oxidation sites excluding steroid dienone is 2. The maximum atomic E-state index is 10.7. The molecule has 0 radical (unpaired) electrons. The average Bonchev–Trinajstić information content (AvgIpc) is 2.50. The molecule has 0 aromatic carbocycles. The monoisotopic (exact) mass is 150 g/mol. The summed E-state index contributed by atoms with van der Waals surface area (Å²) in [6.45, 7) is 0. The van der Waals surface area contributed by atoms with E-state index in [1.807, 2.05) is 0 Å².